The monoisotopic (exact) mass is 1110 g/mol. The van der Waals surface area contributed by atoms with Crippen molar-refractivity contribution in [3.05, 3.63) is 352 Å². The predicted octanol–water partition coefficient (Wildman–Crippen LogP) is 17.4. The molecule has 0 N–H and O–H groups in total. The fourth-order valence-corrected chi connectivity index (χ4v) is 23.3. The minimum atomic E-state index is -3.54. The zero-order chi connectivity index (χ0) is 55.9. The van der Waals surface area contributed by atoms with E-state index < -0.39 is 16.8 Å². The number of rotatable bonds is 12. The minimum Gasteiger partial charge on any atom is -0.341 e. The molecule has 0 unspecified atom stereocenters. The van der Waals surface area contributed by atoms with E-state index >= 15 is 0 Å². The van der Waals surface area contributed by atoms with Crippen molar-refractivity contribution in [2.24, 2.45) is 0 Å². The van der Waals surface area contributed by atoms with Crippen LogP contribution in [0.4, 0.5) is 45.5 Å². The zero-order valence-corrected chi connectivity index (χ0v) is 48.3. The van der Waals surface area contributed by atoms with Gasteiger partial charge in [0.25, 0.3) is 0 Å². The normalized spacial score (nSPS) is 13.8. The number of hydrogen-bond donors (Lipinski definition) is 0. The summed E-state index contributed by atoms with van der Waals surface area (Å²) in [6.45, 7) is 0. The van der Waals surface area contributed by atoms with Crippen molar-refractivity contribution < 1.29 is 0 Å². The Morgan fingerprint density at radius 1 is 0.155 bits per heavy atom. The van der Waals surface area contributed by atoms with Crippen LogP contribution in [0.15, 0.2) is 352 Å². The highest BCUT2D eigenvalue weighted by Gasteiger charge is 2.62. The molecule has 6 heteroatoms. The maximum absolute atomic E-state index is 3.54. The van der Waals surface area contributed by atoms with E-state index in [2.05, 4.69) is 370 Å². The van der Waals surface area contributed by atoms with Crippen LogP contribution in [0.2, 0.25) is 0 Å². The van der Waals surface area contributed by atoms with Gasteiger partial charge in [0, 0.05) is 22.7 Å². The standard InChI is InChI=1S/C78H58N4Si2/c1-9-29-59(30-10-1)63-37-25-41-67(53-63)79-75-57-77-78(58-76(75)80(68-42-26-38-64(54-68)60-31-11-2-12-32-60)83(79,71-45-17-5-18-46-71)72-47-19-6-20-48-72)82(70-44-28-40-66(56-70)62-35-15-4-16-36-62)84(73-49-21-7-22-50-73,74-51-23-8-24-52-74)81(77)69-43-27-39-65(55-69)61-33-13-3-14-34-61/h1-58H. The Labute approximate surface area is 494 Å². The predicted molar refractivity (Wildman–Crippen MR) is 358 cm³/mol. The summed E-state index contributed by atoms with van der Waals surface area (Å²) in [6, 6.07) is 131. The Balaban J connectivity index is 1.12. The molecule has 0 saturated carbocycles. The van der Waals surface area contributed by atoms with Crippen molar-refractivity contribution in [3.8, 4) is 44.5 Å². The van der Waals surface area contributed by atoms with Gasteiger partial charge in [0.2, 0.25) is 0 Å². The first-order valence-electron chi connectivity index (χ1n) is 28.9. The first-order valence-corrected chi connectivity index (χ1v) is 32.7. The Kier molecular flexibility index (Phi) is 12.9. The van der Waals surface area contributed by atoms with Gasteiger partial charge in [-0.05, 0) is 126 Å². The third kappa shape index (κ3) is 8.41. The fraction of sp³-hybridized carbons (Fsp3) is 0. The lowest BCUT2D eigenvalue weighted by Gasteiger charge is -2.45. The number of fused-ring (bicyclic) bond motifs is 2. The summed E-state index contributed by atoms with van der Waals surface area (Å²) in [4.78, 5) is 0. The van der Waals surface area contributed by atoms with Gasteiger partial charge in [-0.15, -0.1) is 0 Å². The van der Waals surface area contributed by atoms with Crippen LogP contribution < -0.4 is 39.0 Å². The lowest BCUT2D eigenvalue weighted by molar-refractivity contribution is 1.33. The number of nitrogens with zero attached hydrogens (tertiary/aromatic N) is 4. The summed E-state index contributed by atoms with van der Waals surface area (Å²) in [5.41, 5.74) is 18.4. The molecule has 0 spiro atoms. The lowest BCUT2D eigenvalue weighted by Crippen LogP contribution is -2.75. The number of hydrogen-bond acceptors (Lipinski definition) is 4. The highest BCUT2D eigenvalue weighted by molar-refractivity contribution is 7.11. The Morgan fingerprint density at radius 2 is 0.333 bits per heavy atom. The van der Waals surface area contributed by atoms with Crippen LogP contribution in [0.3, 0.4) is 0 Å². The smallest absolute Gasteiger partial charge is 0.340 e. The summed E-state index contributed by atoms with van der Waals surface area (Å²) in [7, 11) is -7.09. The molecule has 0 saturated heterocycles. The van der Waals surface area contributed by atoms with Gasteiger partial charge in [-0.2, -0.15) is 0 Å². The van der Waals surface area contributed by atoms with Gasteiger partial charge < -0.3 is 18.3 Å². The van der Waals surface area contributed by atoms with Gasteiger partial charge in [-0.3, -0.25) is 0 Å². The molecule has 0 aromatic heterocycles. The molecule has 0 bridgehead atoms. The van der Waals surface area contributed by atoms with Gasteiger partial charge in [0.15, 0.2) is 0 Å². The van der Waals surface area contributed by atoms with Gasteiger partial charge in [0.05, 0.1) is 22.7 Å². The van der Waals surface area contributed by atoms with Gasteiger partial charge in [-0.25, -0.2) is 0 Å². The molecule has 13 aromatic carbocycles. The van der Waals surface area contributed by atoms with Crippen LogP contribution in [-0.2, 0) is 0 Å². The molecule has 2 heterocycles. The fourth-order valence-electron chi connectivity index (χ4n) is 13.3. The van der Waals surface area contributed by atoms with E-state index in [0.29, 0.717) is 0 Å². The molecule has 0 fully saturated rings. The Hall–Kier alpha value is -10.5. The molecule has 84 heavy (non-hydrogen) atoms. The second-order valence-electron chi connectivity index (χ2n) is 21.6. The molecule has 0 amide bonds. The van der Waals surface area contributed by atoms with Crippen molar-refractivity contribution in [3.63, 3.8) is 0 Å². The van der Waals surface area contributed by atoms with Crippen molar-refractivity contribution in [2.45, 2.75) is 0 Å². The SMILES string of the molecule is c1ccc(-c2cccc(N3c4cc5c(cc4N(c4cccc(-c6ccccc6)c4)[Si]3(c3ccccc3)c3ccccc3)N(c3cccc(-c4ccccc4)c3)[Si](c3ccccc3)(c3ccccc3)N5c3cccc(-c4ccccc4)c3)c2)cc1. The first kappa shape index (κ1) is 50.5. The summed E-state index contributed by atoms with van der Waals surface area (Å²) >= 11 is 0. The van der Waals surface area contributed by atoms with E-state index in [0.717, 1.165) is 67.8 Å². The summed E-state index contributed by atoms with van der Waals surface area (Å²) in [5.74, 6) is 0. The van der Waals surface area contributed by atoms with Crippen LogP contribution in [0.25, 0.3) is 44.5 Å². The number of benzene rings is 13. The molecular weight excluding hydrogens is 1050 g/mol. The maximum atomic E-state index is 2.79. The van der Waals surface area contributed by atoms with Gasteiger partial charge in [-0.1, -0.05) is 291 Å². The van der Waals surface area contributed by atoms with E-state index in [1.807, 2.05) is 0 Å². The molecule has 15 rings (SSSR count). The third-order valence-electron chi connectivity index (χ3n) is 16.9. The highest BCUT2D eigenvalue weighted by Crippen LogP contribution is 2.60. The Morgan fingerprint density at radius 3 is 0.536 bits per heavy atom. The van der Waals surface area contributed by atoms with Crippen LogP contribution in [-0.4, -0.2) is 16.8 Å². The third-order valence-corrected chi connectivity index (χ3v) is 26.0. The minimum absolute atomic E-state index is 1.12. The van der Waals surface area contributed by atoms with E-state index in [1.165, 1.54) is 43.0 Å². The summed E-state index contributed by atoms with van der Waals surface area (Å²) in [5, 5.41) is 5.06. The quantitative estimate of drug-likeness (QED) is 0.113. The molecule has 0 aliphatic carbocycles. The highest BCUT2D eigenvalue weighted by atomic mass is 28.4. The van der Waals surface area contributed by atoms with E-state index in [9.17, 15) is 0 Å². The van der Waals surface area contributed by atoms with Crippen molar-refractivity contribution in [1.29, 1.82) is 0 Å². The van der Waals surface area contributed by atoms with E-state index in [1.54, 1.807) is 0 Å². The molecular formula is C78H58N4Si2. The van der Waals surface area contributed by atoms with Gasteiger partial charge >= 0.3 is 16.8 Å². The molecule has 2 aliphatic rings. The van der Waals surface area contributed by atoms with E-state index in [4.69, 9.17) is 0 Å². The van der Waals surface area contributed by atoms with Crippen LogP contribution in [0.1, 0.15) is 0 Å². The van der Waals surface area contributed by atoms with Crippen LogP contribution in [0.5, 0.6) is 0 Å². The Bertz CT molecular complexity index is 3870. The largest absolute Gasteiger partial charge is 0.341 e. The maximum Gasteiger partial charge on any atom is 0.340 e. The van der Waals surface area contributed by atoms with Crippen molar-refractivity contribution >= 4 is 83.0 Å². The molecule has 398 valence electrons. The molecule has 0 atom stereocenters. The molecule has 13 aromatic rings. The van der Waals surface area contributed by atoms with Crippen molar-refractivity contribution in [1.82, 2.24) is 0 Å². The second kappa shape index (κ2) is 21.4. The topological polar surface area (TPSA) is 13.0 Å². The zero-order valence-electron chi connectivity index (χ0n) is 46.3. The molecule has 0 radical (unpaired) electrons. The second-order valence-corrected chi connectivity index (χ2v) is 28.4. The van der Waals surface area contributed by atoms with E-state index in [-0.39, 0.29) is 0 Å². The molecule has 4 nitrogen and oxygen atoms in total. The first-order chi connectivity index (χ1) is 41.7. The number of anilines is 8. The summed E-state index contributed by atoms with van der Waals surface area (Å²) < 4.78 is 11.2. The van der Waals surface area contributed by atoms with Crippen LogP contribution in [0, 0.1) is 0 Å². The molecule has 2 aliphatic heterocycles. The lowest BCUT2D eigenvalue weighted by atomic mass is 10.0. The van der Waals surface area contributed by atoms with Crippen LogP contribution >= 0.6 is 0 Å². The average Bonchev–Trinajstić information content (AvgIpc) is 1.60. The van der Waals surface area contributed by atoms with Crippen molar-refractivity contribution in [2.75, 3.05) is 18.3 Å². The summed E-state index contributed by atoms with van der Waals surface area (Å²) in [6.07, 6.45) is 0. The average molecular weight is 1110 g/mol. The van der Waals surface area contributed by atoms with Gasteiger partial charge in [0.1, 0.15) is 0 Å².